The molecule has 3 N–H and O–H groups in total. The smallest absolute Gasteiger partial charge is 0.292 e. The van der Waals surface area contributed by atoms with Gasteiger partial charge in [-0.1, -0.05) is 6.07 Å². The average molecular weight is 339 g/mol. The number of nitrogens with zero attached hydrogens (tertiary/aromatic N) is 2. The summed E-state index contributed by atoms with van der Waals surface area (Å²) in [5, 5.41) is 4.52. The quantitative estimate of drug-likeness (QED) is 0.773. The van der Waals surface area contributed by atoms with Gasteiger partial charge in [0.25, 0.3) is 5.91 Å². The molecule has 25 heavy (non-hydrogen) atoms. The summed E-state index contributed by atoms with van der Waals surface area (Å²) >= 11 is 0. The summed E-state index contributed by atoms with van der Waals surface area (Å²) in [5.41, 5.74) is 2.14. The molecule has 2 aromatic rings. The number of benzene rings is 1. The van der Waals surface area contributed by atoms with Crippen LogP contribution in [0, 0.1) is 0 Å². The number of aromatic nitrogens is 1. The van der Waals surface area contributed by atoms with Crippen LogP contribution in [0.25, 0.3) is 0 Å². The first kappa shape index (κ1) is 16.8. The van der Waals surface area contributed by atoms with E-state index in [2.05, 4.69) is 10.3 Å². The molecule has 0 saturated carbocycles. The van der Waals surface area contributed by atoms with Gasteiger partial charge < -0.3 is 10.6 Å². The molecule has 2 heterocycles. The maximum atomic E-state index is 12.6. The van der Waals surface area contributed by atoms with E-state index < -0.39 is 6.04 Å². The van der Waals surface area contributed by atoms with Gasteiger partial charge in [0.05, 0.1) is 12.1 Å². The fourth-order valence-corrected chi connectivity index (χ4v) is 2.81. The van der Waals surface area contributed by atoms with Crippen LogP contribution in [0.5, 0.6) is 0 Å². The molecule has 1 aromatic heterocycles. The molecule has 0 unspecified atom stereocenters. The molecule has 0 aliphatic carbocycles. The van der Waals surface area contributed by atoms with Gasteiger partial charge in [-0.3, -0.25) is 19.4 Å². The van der Waals surface area contributed by atoms with E-state index in [1.165, 1.54) is 11.8 Å². The Morgan fingerprint density at radius 1 is 1.28 bits per heavy atom. The normalized spacial score (nSPS) is 17.0. The minimum absolute atomic E-state index is 0.173. The van der Waals surface area contributed by atoms with Crippen LogP contribution in [0.4, 0.5) is 11.4 Å². The summed E-state index contributed by atoms with van der Waals surface area (Å²) in [6.07, 6.45) is 3.61. The first-order chi connectivity index (χ1) is 12.0. The number of pyridine rings is 1. The Morgan fingerprint density at radius 3 is 2.68 bits per heavy atom. The lowest BCUT2D eigenvalue weighted by atomic mass is 10.2. The molecule has 0 spiro atoms. The SMILES string of the molecule is CC(=O)Nc1ccc(N2C(=O)C[C@H]([NH2+]Cc3cccnc3)C2=O)cc1. The first-order valence-electron chi connectivity index (χ1n) is 8.01. The molecule has 0 bridgehead atoms. The molecule has 7 heteroatoms. The molecule has 3 rings (SSSR count). The zero-order valence-electron chi connectivity index (χ0n) is 13.8. The molecular weight excluding hydrogens is 320 g/mol. The molecule has 1 aliphatic heterocycles. The van der Waals surface area contributed by atoms with Crippen LogP contribution < -0.4 is 15.5 Å². The van der Waals surface area contributed by atoms with Crippen LogP contribution in [-0.2, 0) is 20.9 Å². The summed E-state index contributed by atoms with van der Waals surface area (Å²) in [7, 11) is 0. The Labute approximate surface area is 145 Å². The van der Waals surface area contributed by atoms with Gasteiger partial charge in [-0.15, -0.1) is 0 Å². The molecule has 3 amide bonds. The van der Waals surface area contributed by atoms with Crippen molar-refractivity contribution >= 4 is 29.1 Å². The lowest BCUT2D eigenvalue weighted by Gasteiger charge is -2.15. The predicted octanol–water partition coefficient (Wildman–Crippen LogP) is 0.436. The third-order valence-electron chi connectivity index (χ3n) is 3.99. The fraction of sp³-hybridized carbons (Fsp3) is 0.222. The summed E-state index contributed by atoms with van der Waals surface area (Å²) in [5.74, 6) is -0.614. The number of amides is 3. The minimum Gasteiger partial charge on any atom is -0.332 e. The van der Waals surface area contributed by atoms with Crippen molar-refractivity contribution in [3.05, 3.63) is 54.4 Å². The highest BCUT2D eigenvalue weighted by atomic mass is 16.2. The van der Waals surface area contributed by atoms with Crippen molar-refractivity contribution in [3.8, 4) is 0 Å². The van der Waals surface area contributed by atoms with Crippen LogP contribution >= 0.6 is 0 Å². The molecule has 1 saturated heterocycles. The highest BCUT2D eigenvalue weighted by Gasteiger charge is 2.42. The van der Waals surface area contributed by atoms with Gasteiger partial charge in [-0.25, -0.2) is 4.90 Å². The Morgan fingerprint density at radius 2 is 2.04 bits per heavy atom. The van der Waals surface area contributed by atoms with Crippen LogP contribution in [0.3, 0.4) is 0 Å². The highest BCUT2D eigenvalue weighted by Crippen LogP contribution is 2.23. The molecular formula is C18H19N4O3+. The monoisotopic (exact) mass is 339 g/mol. The number of nitrogens with two attached hydrogens (primary N) is 1. The number of nitrogens with one attached hydrogen (secondary N) is 1. The number of hydrogen-bond donors (Lipinski definition) is 2. The van der Waals surface area contributed by atoms with E-state index in [-0.39, 0.29) is 24.1 Å². The standard InChI is InChI=1S/C18H18N4O3/c1-12(23)21-14-4-6-15(7-5-14)22-17(24)9-16(18(22)25)20-11-13-3-2-8-19-10-13/h2-8,10,16,20H,9,11H2,1H3,(H,21,23)/p+1/t16-/m0/s1. The van der Waals surface area contributed by atoms with E-state index in [9.17, 15) is 14.4 Å². The number of imide groups is 1. The third kappa shape index (κ3) is 3.89. The van der Waals surface area contributed by atoms with E-state index in [0.717, 1.165) is 5.56 Å². The molecule has 7 nitrogen and oxygen atoms in total. The van der Waals surface area contributed by atoms with Gasteiger partial charge in [-0.05, 0) is 30.3 Å². The lowest BCUT2D eigenvalue weighted by molar-refractivity contribution is -0.690. The Kier molecular flexibility index (Phi) is 4.85. The summed E-state index contributed by atoms with van der Waals surface area (Å²) in [6, 6.07) is 10.0. The Balaban J connectivity index is 1.67. The van der Waals surface area contributed by atoms with Crippen molar-refractivity contribution in [1.29, 1.82) is 0 Å². The highest BCUT2D eigenvalue weighted by molar-refractivity contribution is 6.21. The fourth-order valence-electron chi connectivity index (χ4n) is 2.81. The average Bonchev–Trinajstić information content (AvgIpc) is 2.88. The molecule has 128 valence electrons. The van der Waals surface area contributed by atoms with Crippen LogP contribution in [0.1, 0.15) is 18.9 Å². The molecule has 1 aliphatic rings. The maximum absolute atomic E-state index is 12.6. The van der Waals surface area contributed by atoms with E-state index in [4.69, 9.17) is 0 Å². The van der Waals surface area contributed by atoms with Crippen molar-refractivity contribution in [2.75, 3.05) is 10.2 Å². The van der Waals surface area contributed by atoms with Crippen molar-refractivity contribution < 1.29 is 19.7 Å². The predicted molar refractivity (Wildman–Crippen MR) is 91.5 cm³/mol. The number of hydrogen-bond acceptors (Lipinski definition) is 4. The van der Waals surface area contributed by atoms with Crippen molar-refractivity contribution in [3.63, 3.8) is 0 Å². The largest absolute Gasteiger partial charge is 0.332 e. The van der Waals surface area contributed by atoms with Crippen molar-refractivity contribution in [2.45, 2.75) is 25.9 Å². The minimum atomic E-state index is -0.428. The Hall–Kier alpha value is -3.06. The summed E-state index contributed by atoms with van der Waals surface area (Å²) in [4.78, 5) is 41.2. The Bertz CT molecular complexity index is 790. The van der Waals surface area contributed by atoms with Gasteiger partial charge in [0, 0.05) is 30.6 Å². The zero-order chi connectivity index (χ0) is 17.8. The second kappa shape index (κ2) is 7.23. The molecule has 0 radical (unpaired) electrons. The number of carbonyl (C=O) groups is 3. The maximum Gasteiger partial charge on any atom is 0.292 e. The van der Waals surface area contributed by atoms with E-state index in [0.29, 0.717) is 17.9 Å². The van der Waals surface area contributed by atoms with Gasteiger partial charge in [-0.2, -0.15) is 0 Å². The van der Waals surface area contributed by atoms with Crippen molar-refractivity contribution in [2.24, 2.45) is 0 Å². The number of carbonyl (C=O) groups excluding carboxylic acids is 3. The van der Waals surface area contributed by atoms with E-state index in [1.54, 1.807) is 36.7 Å². The van der Waals surface area contributed by atoms with Gasteiger partial charge >= 0.3 is 0 Å². The summed E-state index contributed by atoms with van der Waals surface area (Å²) < 4.78 is 0. The van der Waals surface area contributed by atoms with Crippen LogP contribution in [-0.4, -0.2) is 28.7 Å². The lowest BCUT2D eigenvalue weighted by Crippen LogP contribution is -2.90. The van der Waals surface area contributed by atoms with E-state index in [1.807, 2.05) is 17.4 Å². The van der Waals surface area contributed by atoms with Crippen molar-refractivity contribution in [1.82, 2.24) is 4.98 Å². The molecule has 1 fully saturated rings. The second-order valence-electron chi connectivity index (χ2n) is 5.91. The van der Waals surface area contributed by atoms with Crippen LogP contribution in [0.2, 0.25) is 0 Å². The third-order valence-corrected chi connectivity index (χ3v) is 3.99. The van der Waals surface area contributed by atoms with Gasteiger partial charge in [0.2, 0.25) is 11.8 Å². The van der Waals surface area contributed by atoms with Gasteiger partial charge in [0.1, 0.15) is 6.54 Å². The second-order valence-corrected chi connectivity index (χ2v) is 5.91. The molecule has 1 aromatic carbocycles. The van der Waals surface area contributed by atoms with E-state index >= 15 is 0 Å². The first-order valence-corrected chi connectivity index (χ1v) is 8.01. The topological polar surface area (TPSA) is 96.0 Å². The summed E-state index contributed by atoms with van der Waals surface area (Å²) in [6.45, 7) is 2.01. The number of anilines is 2. The van der Waals surface area contributed by atoms with Crippen LogP contribution in [0.15, 0.2) is 48.8 Å². The number of quaternary nitrogens is 1. The van der Waals surface area contributed by atoms with Gasteiger partial charge in [0.15, 0.2) is 6.04 Å². The number of rotatable bonds is 5. The molecule has 1 atom stereocenters. The zero-order valence-corrected chi connectivity index (χ0v) is 13.8.